The van der Waals surface area contributed by atoms with E-state index in [1.165, 1.54) is 6.42 Å². The molecule has 1 saturated heterocycles. The highest BCUT2D eigenvalue weighted by atomic mass is 35.5. The summed E-state index contributed by atoms with van der Waals surface area (Å²) in [5.41, 5.74) is 9.87. The molecule has 1 aromatic carbocycles. The van der Waals surface area contributed by atoms with E-state index in [4.69, 9.17) is 21.8 Å². The minimum absolute atomic E-state index is 0.281. The van der Waals surface area contributed by atoms with Crippen LogP contribution in [0.3, 0.4) is 0 Å². The Labute approximate surface area is 133 Å². The van der Waals surface area contributed by atoms with Gasteiger partial charge in [-0.1, -0.05) is 23.7 Å². The quantitative estimate of drug-likeness (QED) is 0.551. The molecule has 1 aliphatic heterocycles. The summed E-state index contributed by atoms with van der Waals surface area (Å²) in [6.07, 6.45) is 2.26. The Balaban J connectivity index is 1.81. The van der Waals surface area contributed by atoms with E-state index < -0.39 is 0 Å². The van der Waals surface area contributed by atoms with Crippen LogP contribution in [-0.4, -0.2) is 11.5 Å². The van der Waals surface area contributed by atoms with Gasteiger partial charge in [-0.05, 0) is 43.1 Å². The highest BCUT2D eigenvalue weighted by Crippen LogP contribution is 2.34. The van der Waals surface area contributed by atoms with Crippen LogP contribution < -0.4 is 11.1 Å². The van der Waals surface area contributed by atoms with Gasteiger partial charge in [0.25, 0.3) is 0 Å². The first-order valence-corrected chi connectivity index (χ1v) is 7.78. The van der Waals surface area contributed by atoms with Gasteiger partial charge in [0.1, 0.15) is 16.4 Å². The number of nitrogens with one attached hydrogen (secondary N) is 1. The lowest BCUT2D eigenvalue weighted by atomic mass is 10.1. The van der Waals surface area contributed by atoms with Crippen LogP contribution in [0.15, 0.2) is 40.8 Å². The maximum atomic E-state index is 6.35. The summed E-state index contributed by atoms with van der Waals surface area (Å²) in [5.74, 6) is 0.931. The van der Waals surface area contributed by atoms with Gasteiger partial charge in [0, 0.05) is 17.3 Å². The van der Waals surface area contributed by atoms with Gasteiger partial charge >= 0.3 is 0 Å². The van der Waals surface area contributed by atoms with Crippen molar-refractivity contribution in [1.29, 1.82) is 0 Å². The Hall–Kier alpha value is -2.04. The number of hydrogen-bond donors (Lipinski definition) is 2. The lowest BCUT2D eigenvalue weighted by molar-refractivity contribution is 0.471. The maximum absolute atomic E-state index is 6.35. The molecule has 0 unspecified atom stereocenters. The van der Waals surface area contributed by atoms with Crippen LogP contribution in [0, 0.1) is 0 Å². The second-order valence-corrected chi connectivity index (χ2v) is 5.99. The number of pyridine rings is 1. The van der Waals surface area contributed by atoms with E-state index in [0.29, 0.717) is 10.8 Å². The van der Waals surface area contributed by atoms with Gasteiger partial charge < -0.3 is 15.5 Å². The van der Waals surface area contributed by atoms with Crippen molar-refractivity contribution in [3.8, 4) is 11.1 Å². The minimum atomic E-state index is 0.281. The summed E-state index contributed by atoms with van der Waals surface area (Å²) >= 11 is 6.35. The summed E-state index contributed by atoms with van der Waals surface area (Å²) < 4.78 is 5.98. The Morgan fingerprint density at radius 2 is 2.18 bits per heavy atom. The molecule has 3 aromatic rings. The SMILES string of the molecule is Nc1cccc(-c2cc3oc([C@H]4CCCN4)cc3nc2Cl)c1. The van der Waals surface area contributed by atoms with Crippen molar-refractivity contribution in [1.82, 2.24) is 10.3 Å². The third kappa shape index (κ3) is 2.34. The molecule has 1 atom stereocenters. The zero-order chi connectivity index (χ0) is 15.1. The summed E-state index contributed by atoms with van der Waals surface area (Å²) in [4.78, 5) is 4.48. The number of nitrogens with zero attached hydrogens (tertiary/aromatic N) is 1. The van der Waals surface area contributed by atoms with Crippen LogP contribution in [0.25, 0.3) is 22.2 Å². The molecule has 0 amide bonds. The number of fused-ring (bicyclic) bond motifs is 1. The molecular weight excluding hydrogens is 298 g/mol. The van der Waals surface area contributed by atoms with E-state index in [0.717, 1.165) is 41.0 Å². The van der Waals surface area contributed by atoms with Crippen molar-refractivity contribution in [3.05, 3.63) is 47.3 Å². The van der Waals surface area contributed by atoms with Crippen LogP contribution >= 0.6 is 11.6 Å². The number of nitrogen functional groups attached to an aromatic ring is 1. The molecule has 4 rings (SSSR count). The zero-order valence-corrected chi connectivity index (χ0v) is 12.7. The van der Waals surface area contributed by atoms with Crippen LogP contribution in [0.1, 0.15) is 24.6 Å². The second-order valence-electron chi connectivity index (χ2n) is 5.63. The molecule has 5 heteroatoms. The Kier molecular flexibility index (Phi) is 3.28. The molecule has 112 valence electrons. The van der Waals surface area contributed by atoms with Crippen LogP contribution in [-0.2, 0) is 0 Å². The van der Waals surface area contributed by atoms with E-state index in [2.05, 4.69) is 10.3 Å². The lowest BCUT2D eigenvalue weighted by Gasteiger charge is -2.05. The average Bonchev–Trinajstić information content (AvgIpc) is 3.15. The molecule has 3 N–H and O–H groups in total. The molecule has 0 saturated carbocycles. The minimum Gasteiger partial charge on any atom is -0.458 e. The number of rotatable bonds is 2. The Morgan fingerprint density at radius 1 is 1.27 bits per heavy atom. The monoisotopic (exact) mass is 313 g/mol. The molecular formula is C17H16ClN3O. The number of anilines is 1. The number of aromatic nitrogens is 1. The fraction of sp³-hybridized carbons (Fsp3) is 0.235. The summed E-state index contributed by atoms with van der Waals surface area (Å²) in [6.45, 7) is 1.03. The van der Waals surface area contributed by atoms with Crippen molar-refractivity contribution in [3.63, 3.8) is 0 Å². The largest absolute Gasteiger partial charge is 0.458 e. The molecule has 3 heterocycles. The predicted octanol–water partition coefficient (Wildman–Crippen LogP) is 4.15. The molecule has 0 bridgehead atoms. The Bertz CT molecular complexity index is 837. The van der Waals surface area contributed by atoms with E-state index in [9.17, 15) is 0 Å². The average molecular weight is 314 g/mol. The molecule has 1 aliphatic rings. The maximum Gasteiger partial charge on any atom is 0.153 e. The van der Waals surface area contributed by atoms with E-state index in [1.54, 1.807) is 0 Å². The van der Waals surface area contributed by atoms with Crippen LogP contribution in [0.2, 0.25) is 5.15 Å². The van der Waals surface area contributed by atoms with E-state index >= 15 is 0 Å². The van der Waals surface area contributed by atoms with Gasteiger partial charge in [-0.25, -0.2) is 4.98 Å². The van der Waals surface area contributed by atoms with E-state index in [1.807, 2.05) is 36.4 Å². The number of benzene rings is 1. The molecule has 2 aromatic heterocycles. The fourth-order valence-electron chi connectivity index (χ4n) is 2.97. The van der Waals surface area contributed by atoms with Crippen molar-refractivity contribution in [2.24, 2.45) is 0 Å². The first-order chi connectivity index (χ1) is 10.7. The third-order valence-electron chi connectivity index (χ3n) is 4.08. The van der Waals surface area contributed by atoms with Gasteiger partial charge in [-0.2, -0.15) is 0 Å². The molecule has 4 nitrogen and oxygen atoms in total. The molecule has 0 aliphatic carbocycles. The van der Waals surface area contributed by atoms with Crippen molar-refractivity contribution in [2.45, 2.75) is 18.9 Å². The van der Waals surface area contributed by atoms with Crippen molar-refractivity contribution >= 4 is 28.4 Å². The van der Waals surface area contributed by atoms with Gasteiger partial charge in [0.05, 0.1) is 6.04 Å². The van der Waals surface area contributed by atoms with Crippen LogP contribution in [0.4, 0.5) is 5.69 Å². The Morgan fingerprint density at radius 3 is 2.95 bits per heavy atom. The van der Waals surface area contributed by atoms with Gasteiger partial charge in [0.15, 0.2) is 5.58 Å². The highest BCUT2D eigenvalue weighted by molar-refractivity contribution is 6.32. The number of nitrogens with two attached hydrogens (primary N) is 1. The third-order valence-corrected chi connectivity index (χ3v) is 4.37. The number of furan rings is 1. The zero-order valence-electron chi connectivity index (χ0n) is 12.0. The standard InChI is InChI=1S/C17H16ClN3O/c18-17-12(10-3-1-4-11(19)7-10)8-15-14(21-17)9-16(22-15)13-5-2-6-20-13/h1,3-4,7-9,13,20H,2,5-6,19H2/t13-/m1/s1. The molecule has 0 spiro atoms. The van der Waals surface area contributed by atoms with E-state index in [-0.39, 0.29) is 6.04 Å². The molecule has 1 fully saturated rings. The topological polar surface area (TPSA) is 64.1 Å². The summed E-state index contributed by atoms with van der Waals surface area (Å²) in [5, 5.41) is 3.89. The first kappa shape index (κ1) is 13.6. The predicted molar refractivity (Wildman–Crippen MR) is 88.8 cm³/mol. The number of hydrogen-bond acceptors (Lipinski definition) is 4. The fourth-order valence-corrected chi connectivity index (χ4v) is 3.22. The molecule has 22 heavy (non-hydrogen) atoms. The normalized spacial score (nSPS) is 18.1. The first-order valence-electron chi connectivity index (χ1n) is 7.40. The van der Waals surface area contributed by atoms with Crippen molar-refractivity contribution in [2.75, 3.05) is 12.3 Å². The summed E-state index contributed by atoms with van der Waals surface area (Å²) in [6, 6.07) is 11.8. The lowest BCUT2D eigenvalue weighted by Crippen LogP contribution is -2.11. The highest BCUT2D eigenvalue weighted by Gasteiger charge is 2.21. The smallest absolute Gasteiger partial charge is 0.153 e. The van der Waals surface area contributed by atoms with Crippen LogP contribution in [0.5, 0.6) is 0 Å². The second kappa shape index (κ2) is 5.30. The summed E-state index contributed by atoms with van der Waals surface area (Å²) in [7, 11) is 0. The van der Waals surface area contributed by atoms with Gasteiger partial charge in [-0.3, -0.25) is 0 Å². The van der Waals surface area contributed by atoms with Crippen molar-refractivity contribution < 1.29 is 4.42 Å². The van der Waals surface area contributed by atoms with Gasteiger partial charge in [0.2, 0.25) is 0 Å². The number of halogens is 1. The molecule has 0 radical (unpaired) electrons. The van der Waals surface area contributed by atoms with Gasteiger partial charge in [-0.15, -0.1) is 0 Å².